The van der Waals surface area contributed by atoms with Gasteiger partial charge in [-0.05, 0) is 19.3 Å². The molecule has 6 heteroatoms. The van der Waals surface area contributed by atoms with Crippen molar-refractivity contribution in [2.75, 3.05) is 19.8 Å². The largest absolute Gasteiger partial charge is 0.481 e. The van der Waals surface area contributed by atoms with Crippen molar-refractivity contribution in [1.29, 1.82) is 0 Å². The van der Waals surface area contributed by atoms with E-state index in [2.05, 4.69) is 6.92 Å². The molecule has 0 spiro atoms. The molecule has 0 aromatic heterocycles. The van der Waals surface area contributed by atoms with E-state index >= 15 is 0 Å². The predicted molar refractivity (Wildman–Crippen MR) is 101 cm³/mol. The number of aliphatic carboxylic acids is 1. The number of carboxylic acids is 1. The van der Waals surface area contributed by atoms with Crippen molar-refractivity contribution in [2.45, 2.75) is 84.0 Å². The Morgan fingerprint density at radius 2 is 1.35 bits per heavy atom. The smallest absolute Gasteiger partial charge is 0.309 e. The fourth-order valence-corrected chi connectivity index (χ4v) is 3.22. The zero-order valence-corrected chi connectivity index (χ0v) is 16.3. The van der Waals surface area contributed by atoms with Crippen LogP contribution in [0.1, 0.15) is 84.0 Å². The highest BCUT2D eigenvalue weighted by Crippen LogP contribution is 2.31. The van der Waals surface area contributed by atoms with E-state index in [9.17, 15) is 14.7 Å². The van der Waals surface area contributed by atoms with Gasteiger partial charge >= 0.3 is 11.9 Å². The third-order valence-corrected chi connectivity index (χ3v) is 4.73. The number of hydrogen-bond acceptors (Lipinski definition) is 5. The van der Waals surface area contributed by atoms with Crippen LogP contribution in [0.25, 0.3) is 0 Å². The first-order valence-electron chi connectivity index (χ1n) is 10.2. The van der Waals surface area contributed by atoms with Gasteiger partial charge in [-0.3, -0.25) is 9.59 Å². The van der Waals surface area contributed by atoms with Crippen LogP contribution in [0, 0.1) is 11.8 Å². The van der Waals surface area contributed by atoms with Gasteiger partial charge in [0.15, 0.2) is 0 Å². The lowest BCUT2D eigenvalue weighted by Crippen LogP contribution is -2.33. The molecule has 0 radical (unpaired) electrons. The van der Waals surface area contributed by atoms with Crippen LogP contribution in [0.5, 0.6) is 0 Å². The maximum Gasteiger partial charge on any atom is 0.309 e. The van der Waals surface area contributed by atoms with E-state index in [4.69, 9.17) is 14.9 Å². The Kier molecular flexibility index (Phi) is 16.5. The van der Waals surface area contributed by atoms with Gasteiger partial charge in [0.25, 0.3) is 0 Å². The van der Waals surface area contributed by atoms with Gasteiger partial charge in [0.05, 0.1) is 31.7 Å². The van der Waals surface area contributed by atoms with Gasteiger partial charge in [-0.2, -0.15) is 0 Å². The number of unbranched alkanes of at least 4 members (excludes halogenated alkanes) is 7. The average molecular weight is 375 g/mol. The molecule has 2 unspecified atom stereocenters. The number of ether oxygens (including phenoxy) is 1. The fourth-order valence-electron chi connectivity index (χ4n) is 3.22. The Morgan fingerprint density at radius 1 is 0.846 bits per heavy atom. The topological polar surface area (TPSA) is 104 Å². The third-order valence-electron chi connectivity index (χ3n) is 4.73. The second-order valence-electron chi connectivity index (χ2n) is 6.93. The van der Waals surface area contributed by atoms with Crippen LogP contribution in [0.15, 0.2) is 0 Å². The van der Waals surface area contributed by atoms with Gasteiger partial charge in [0, 0.05) is 0 Å². The van der Waals surface area contributed by atoms with E-state index < -0.39 is 17.8 Å². The molecule has 1 saturated carbocycles. The zero-order valence-electron chi connectivity index (χ0n) is 16.3. The Labute approximate surface area is 157 Å². The number of esters is 1. The number of carbonyl (C=O) groups is 2. The lowest BCUT2D eigenvalue weighted by atomic mass is 9.79. The number of aliphatic hydroxyl groups is 2. The number of carbonyl (C=O) groups excluding carboxylic acids is 1. The quantitative estimate of drug-likeness (QED) is 0.356. The lowest BCUT2D eigenvalue weighted by molar-refractivity contribution is -0.159. The van der Waals surface area contributed by atoms with Crippen LogP contribution in [0.2, 0.25) is 0 Å². The highest BCUT2D eigenvalue weighted by atomic mass is 16.5. The molecule has 2 atom stereocenters. The molecule has 1 fully saturated rings. The molecule has 1 aliphatic carbocycles. The minimum atomic E-state index is -0.853. The van der Waals surface area contributed by atoms with Crippen molar-refractivity contribution in [2.24, 2.45) is 11.8 Å². The monoisotopic (exact) mass is 374 g/mol. The minimum absolute atomic E-state index is 0.125. The van der Waals surface area contributed by atoms with Gasteiger partial charge in [-0.15, -0.1) is 0 Å². The average Bonchev–Trinajstić information content (AvgIpc) is 2.66. The lowest BCUT2D eigenvalue weighted by Gasteiger charge is -2.26. The first kappa shape index (κ1) is 24.9. The maximum atomic E-state index is 12.0. The Balaban J connectivity index is 0.00000141. The summed E-state index contributed by atoms with van der Waals surface area (Å²) in [5.41, 5.74) is 0. The Bertz CT molecular complexity index is 356. The summed E-state index contributed by atoms with van der Waals surface area (Å²) in [7, 11) is 0. The minimum Gasteiger partial charge on any atom is -0.481 e. The second kappa shape index (κ2) is 17.3. The van der Waals surface area contributed by atoms with E-state index in [-0.39, 0.29) is 19.2 Å². The van der Waals surface area contributed by atoms with Crippen LogP contribution in [0.3, 0.4) is 0 Å². The maximum absolute atomic E-state index is 12.0. The summed E-state index contributed by atoms with van der Waals surface area (Å²) < 4.78 is 5.30. The van der Waals surface area contributed by atoms with Crippen molar-refractivity contribution in [1.82, 2.24) is 0 Å². The molecule has 154 valence electrons. The molecular weight excluding hydrogens is 336 g/mol. The van der Waals surface area contributed by atoms with Gasteiger partial charge in [-0.25, -0.2) is 0 Å². The highest BCUT2D eigenvalue weighted by Gasteiger charge is 2.36. The van der Waals surface area contributed by atoms with Crippen molar-refractivity contribution >= 4 is 11.9 Å². The molecular formula is C20H38O6. The fraction of sp³-hybridized carbons (Fsp3) is 0.900. The first-order valence-corrected chi connectivity index (χ1v) is 10.2. The highest BCUT2D eigenvalue weighted by molar-refractivity contribution is 5.81. The summed E-state index contributed by atoms with van der Waals surface area (Å²) in [4.78, 5) is 23.2. The Morgan fingerprint density at radius 3 is 1.85 bits per heavy atom. The van der Waals surface area contributed by atoms with Crippen LogP contribution in [-0.4, -0.2) is 47.1 Å². The Hall–Kier alpha value is -1.14. The SMILES string of the molecule is CCCCCCCCCCOC(=O)C1CCCCC1C(=O)O.OCCO. The van der Waals surface area contributed by atoms with Crippen LogP contribution < -0.4 is 0 Å². The van der Waals surface area contributed by atoms with Gasteiger partial charge < -0.3 is 20.1 Å². The second-order valence-corrected chi connectivity index (χ2v) is 6.93. The molecule has 0 bridgehead atoms. The summed E-state index contributed by atoms with van der Waals surface area (Å²) in [5.74, 6) is -2.12. The molecule has 26 heavy (non-hydrogen) atoms. The summed E-state index contributed by atoms with van der Waals surface area (Å²) in [5, 5.41) is 24.4. The molecule has 6 nitrogen and oxygen atoms in total. The molecule has 0 aliphatic heterocycles. The van der Waals surface area contributed by atoms with E-state index in [0.29, 0.717) is 19.4 Å². The summed E-state index contributed by atoms with van der Waals surface area (Å²) >= 11 is 0. The summed E-state index contributed by atoms with van der Waals surface area (Å²) in [6.07, 6.45) is 12.8. The molecule has 0 heterocycles. The van der Waals surface area contributed by atoms with Gasteiger partial charge in [0.2, 0.25) is 0 Å². The van der Waals surface area contributed by atoms with E-state index in [1.54, 1.807) is 0 Å². The summed E-state index contributed by atoms with van der Waals surface area (Å²) in [6.45, 7) is 2.41. The molecule has 0 aromatic rings. The number of rotatable bonds is 12. The molecule has 0 saturated heterocycles. The van der Waals surface area contributed by atoms with E-state index in [1.165, 1.54) is 38.5 Å². The van der Waals surface area contributed by atoms with E-state index in [1.807, 2.05) is 0 Å². The number of hydrogen-bond donors (Lipinski definition) is 3. The van der Waals surface area contributed by atoms with Crippen LogP contribution >= 0.6 is 0 Å². The first-order chi connectivity index (χ1) is 12.6. The predicted octanol–water partition coefficient (Wildman–Crippen LogP) is 3.53. The van der Waals surface area contributed by atoms with Crippen molar-refractivity contribution in [3.8, 4) is 0 Å². The molecule has 3 N–H and O–H groups in total. The van der Waals surface area contributed by atoms with Crippen LogP contribution in [-0.2, 0) is 14.3 Å². The van der Waals surface area contributed by atoms with Crippen LogP contribution in [0.4, 0.5) is 0 Å². The van der Waals surface area contributed by atoms with E-state index in [0.717, 1.165) is 25.7 Å². The van der Waals surface area contributed by atoms with Gasteiger partial charge in [0.1, 0.15) is 0 Å². The van der Waals surface area contributed by atoms with Crippen molar-refractivity contribution in [3.63, 3.8) is 0 Å². The zero-order chi connectivity index (χ0) is 19.6. The van der Waals surface area contributed by atoms with Gasteiger partial charge in [-0.1, -0.05) is 64.7 Å². The summed E-state index contributed by atoms with van der Waals surface area (Å²) in [6, 6.07) is 0. The molecule has 1 aliphatic rings. The third kappa shape index (κ3) is 12.3. The molecule has 0 amide bonds. The number of aliphatic hydroxyl groups excluding tert-OH is 2. The van der Waals surface area contributed by atoms with Crippen molar-refractivity contribution < 1.29 is 29.6 Å². The molecule has 0 aromatic carbocycles. The number of carboxylic acid groups (broad SMARTS) is 1. The molecule has 1 rings (SSSR count). The normalized spacial score (nSPS) is 19.3. The van der Waals surface area contributed by atoms with Crippen molar-refractivity contribution in [3.05, 3.63) is 0 Å². The standard InChI is InChI=1S/C18H32O4.C2H6O2/c1-2-3-4-5-6-7-8-11-14-22-18(21)16-13-10-9-12-15(16)17(19)20;3-1-2-4/h15-16H,2-14H2,1H3,(H,19,20);3-4H,1-2H2.